The lowest BCUT2D eigenvalue weighted by molar-refractivity contribution is 0.103. The quantitative estimate of drug-likeness (QED) is 0.603. The zero-order chi connectivity index (χ0) is 14.0. The van der Waals surface area contributed by atoms with Crippen molar-refractivity contribution < 1.29 is 9.53 Å². The lowest BCUT2D eigenvalue weighted by Gasteiger charge is -2.12. The summed E-state index contributed by atoms with van der Waals surface area (Å²) in [5, 5.41) is 0. The molecular weight excluding hydrogens is 351 g/mol. The summed E-state index contributed by atoms with van der Waals surface area (Å²) in [6.07, 6.45) is 0. The summed E-state index contributed by atoms with van der Waals surface area (Å²) < 4.78 is 6.51. The fourth-order valence-corrected chi connectivity index (χ4v) is 2.35. The molecule has 2 aromatic carbocycles. The molecule has 0 spiro atoms. The van der Waals surface area contributed by atoms with Gasteiger partial charge in [-0.25, -0.2) is 0 Å². The van der Waals surface area contributed by atoms with Gasteiger partial charge in [-0.1, -0.05) is 6.07 Å². The van der Waals surface area contributed by atoms with E-state index in [0.717, 1.165) is 14.7 Å². The van der Waals surface area contributed by atoms with Crippen LogP contribution in [0.25, 0.3) is 0 Å². The molecule has 0 unspecified atom stereocenters. The lowest BCUT2D eigenvalue weighted by atomic mass is 9.98. The molecule has 0 aromatic heterocycles. The van der Waals surface area contributed by atoms with E-state index in [4.69, 9.17) is 4.74 Å². The van der Waals surface area contributed by atoms with Gasteiger partial charge < -0.3 is 4.74 Å². The van der Waals surface area contributed by atoms with Crippen molar-refractivity contribution in [1.29, 1.82) is 0 Å². The van der Waals surface area contributed by atoms with E-state index >= 15 is 0 Å². The van der Waals surface area contributed by atoms with E-state index in [0.29, 0.717) is 16.9 Å². The minimum Gasteiger partial charge on any atom is -0.496 e. The molecule has 0 saturated carbocycles. The highest BCUT2D eigenvalue weighted by Gasteiger charge is 2.16. The van der Waals surface area contributed by atoms with Crippen molar-refractivity contribution in [2.45, 2.75) is 13.8 Å². The number of carbonyl (C=O) groups excluding carboxylic acids is 1. The van der Waals surface area contributed by atoms with Crippen LogP contribution in [0.4, 0.5) is 0 Å². The third kappa shape index (κ3) is 2.81. The highest BCUT2D eigenvalue weighted by molar-refractivity contribution is 14.1. The SMILES string of the molecule is COc1c(C(=O)c2ccc(I)cc2)ccc(C)c1C. The zero-order valence-corrected chi connectivity index (χ0v) is 13.3. The first kappa shape index (κ1) is 14.1. The van der Waals surface area contributed by atoms with E-state index in [1.54, 1.807) is 7.11 Å². The largest absolute Gasteiger partial charge is 0.496 e. The van der Waals surface area contributed by atoms with Crippen molar-refractivity contribution in [3.63, 3.8) is 0 Å². The summed E-state index contributed by atoms with van der Waals surface area (Å²) in [5.41, 5.74) is 3.43. The molecule has 0 amide bonds. The highest BCUT2D eigenvalue weighted by Crippen LogP contribution is 2.28. The first-order chi connectivity index (χ1) is 9.04. The average Bonchev–Trinajstić information content (AvgIpc) is 2.41. The second-order valence-electron chi connectivity index (χ2n) is 4.42. The smallest absolute Gasteiger partial charge is 0.196 e. The molecule has 2 nitrogen and oxygen atoms in total. The van der Waals surface area contributed by atoms with Gasteiger partial charge in [-0.15, -0.1) is 0 Å². The van der Waals surface area contributed by atoms with Crippen LogP contribution in [0.2, 0.25) is 0 Å². The molecule has 0 aliphatic rings. The number of ketones is 1. The average molecular weight is 366 g/mol. The Hall–Kier alpha value is -1.36. The second kappa shape index (κ2) is 5.74. The van der Waals surface area contributed by atoms with Crippen molar-refractivity contribution in [3.8, 4) is 5.75 Å². The van der Waals surface area contributed by atoms with Gasteiger partial charge in [0.2, 0.25) is 0 Å². The van der Waals surface area contributed by atoms with Gasteiger partial charge in [-0.3, -0.25) is 4.79 Å². The van der Waals surface area contributed by atoms with Crippen molar-refractivity contribution in [2.75, 3.05) is 7.11 Å². The van der Waals surface area contributed by atoms with E-state index in [2.05, 4.69) is 22.6 Å². The molecule has 0 fully saturated rings. The maximum absolute atomic E-state index is 12.5. The van der Waals surface area contributed by atoms with Crippen molar-refractivity contribution in [1.82, 2.24) is 0 Å². The van der Waals surface area contributed by atoms with Gasteiger partial charge >= 0.3 is 0 Å². The number of hydrogen-bond acceptors (Lipinski definition) is 2. The van der Waals surface area contributed by atoms with Crippen LogP contribution in [0.5, 0.6) is 5.75 Å². The first-order valence-electron chi connectivity index (χ1n) is 5.99. The fraction of sp³-hybridized carbons (Fsp3) is 0.188. The molecule has 2 aromatic rings. The maximum atomic E-state index is 12.5. The Morgan fingerprint density at radius 3 is 2.26 bits per heavy atom. The molecule has 0 saturated heterocycles. The van der Waals surface area contributed by atoms with E-state index in [9.17, 15) is 4.79 Å². The van der Waals surface area contributed by atoms with Gasteiger partial charge in [0.15, 0.2) is 5.78 Å². The molecule has 0 heterocycles. The third-order valence-corrected chi connectivity index (χ3v) is 3.95. The third-order valence-electron chi connectivity index (χ3n) is 3.23. The van der Waals surface area contributed by atoms with Crippen LogP contribution in [-0.4, -0.2) is 12.9 Å². The summed E-state index contributed by atoms with van der Waals surface area (Å²) in [5.74, 6) is 0.667. The predicted octanol–water partition coefficient (Wildman–Crippen LogP) is 4.15. The number of ether oxygens (including phenoxy) is 1. The highest BCUT2D eigenvalue weighted by atomic mass is 127. The molecule has 3 heteroatoms. The van der Waals surface area contributed by atoms with Crippen molar-refractivity contribution >= 4 is 28.4 Å². The minimum absolute atomic E-state index is 0.00338. The molecule has 0 atom stereocenters. The molecule has 19 heavy (non-hydrogen) atoms. The summed E-state index contributed by atoms with van der Waals surface area (Å²) in [6, 6.07) is 11.3. The molecule has 2 rings (SSSR count). The normalized spacial score (nSPS) is 10.3. The minimum atomic E-state index is -0.00338. The fourth-order valence-electron chi connectivity index (χ4n) is 1.99. The number of aryl methyl sites for hydroxylation is 1. The number of rotatable bonds is 3. The molecule has 0 radical (unpaired) electrons. The zero-order valence-electron chi connectivity index (χ0n) is 11.2. The monoisotopic (exact) mass is 366 g/mol. The van der Waals surface area contributed by atoms with Crippen LogP contribution in [0.3, 0.4) is 0 Å². The summed E-state index contributed by atoms with van der Waals surface area (Å²) in [4.78, 5) is 12.5. The van der Waals surface area contributed by atoms with E-state index in [-0.39, 0.29) is 5.78 Å². The Morgan fingerprint density at radius 1 is 1.05 bits per heavy atom. The summed E-state index contributed by atoms with van der Waals surface area (Å²) in [7, 11) is 1.60. The predicted molar refractivity (Wildman–Crippen MR) is 85.1 cm³/mol. The molecule has 0 N–H and O–H groups in total. The van der Waals surface area contributed by atoms with Gasteiger partial charge in [0.25, 0.3) is 0 Å². The van der Waals surface area contributed by atoms with Gasteiger partial charge in [-0.2, -0.15) is 0 Å². The topological polar surface area (TPSA) is 26.3 Å². The molecule has 98 valence electrons. The van der Waals surface area contributed by atoms with Crippen LogP contribution in [0.15, 0.2) is 36.4 Å². The van der Waals surface area contributed by atoms with Gasteiger partial charge in [-0.05, 0) is 77.9 Å². The standard InChI is InChI=1S/C16H15IO2/c1-10-4-9-14(16(19-3)11(10)2)15(18)12-5-7-13(17)8-6-12/h4-9H,1-3H3. The number of carbonyl (C=O) groups is 1. The van der Waals surface area contributed by atoms with Crippen molar-refractivity contribution in [2.24, 2.45) is 0 Å². The van der Waals surface area contributed by atoms with Gasteiger partial charge in [0, 0.05) is 9.13 Å². The molecule has 0 aliphatic carbocycles. The Morgan fingerprint density at radius 2 is 1.68 bits per heavy atom. The molecule has 0 bridgehead atoms. The second-order valence-corrected chi connectivity index (χ2v) is 5.67. The van der Waals surface area contributed by atoms with Gasteiger partial charge in [0.1, 0.15) is 5.75 Å². The van der Waals surface area contributed by atoms with Crippen molar-refractivity contribution in [3.05, 3.63) is 62.2 Å². The Bertz CT molecular complexity index is 615. The van der Waals surface area contributed by atoms with E-state index in [1.807, 2.05) is 50.2 Å². The number of benzene rings is 2. The van der Waals surface area contributed by atoms with E-state index in [1.165, 1.54) is 0 Å². The first-order valence-corrected chi connectivity index (χ1v) is 7.07. The van der Waals surface area contributed by atoms with Crippen LogP contribution in [-0.2, 0) is 0 Å². The lowest BCUT2D eigenvalue weighted by Crippen LogP contribution is -2.06. The Kier molecular flexibility index (Phi) is 4.24. The summed E-state index contributed by atoms with van der Waals surface area (Å²) >= 11 is 2.22. The molecular formula is C16H15IO2. The van der Waals surface area contributed by atoms with E-state index < -0.39 is 0 Å². The Balaban J connectivity index is 2.50. The number of halogens is 1. The van der Waals surface area contributed by atoms with Gasteiger partial charge in [0.05, 0.1) is 12.7 Å². The number of hydrogen-bond donors (Lipinski definition) is 0. The van der Waals surface area contributed by atoms with Crippen LogP contribution in [0.1, 0.15) is 27.0 Å². The maximum Gasteiger partial charge on any atom is 0.196 e. The number of methoxy groups -OCH3 is 1. The summed E-state index contributed by atoms with van der Waals surface area (Å²) in [6.45, 7) is 3.98. The van der Waals surface area contributed by atoms with Crippen LogP contribution >= 0.6 is 22.6 Å². The Labute approximate surface area is 126 Å². The molecule has 0 aliphatic heterocycles. The van der Waals surface area contributed by atoms with Crippen LogP contribution < -0.4 is 4.74 Å². The van der Waals surface area contributed by atoms with Crippen LogP contribution in [0, 0.1) is 17.4 Å².